The van der Waals surface area contributed by atoms with E-state index in [1.165, 1.54) is 6.07 Å². The second-order valence-electron chi connectivity index (χ2n) is 4.59. The van der Waals surface area contributed by atoms with Crippen molar-refractivity contribution in [1.82, 2.24) is 9.78 Å². The maximum absolute atomic E-state index is 13.8. The number of nitrogens with one attached hydrogen (secondary N) is 1. The maximum Gasteiger partial charge on any atom is 0.239 e. The van der Waals surface area contributed by atoms with E-state index in [2.05, 4.69) is 10.4 Å². The maximum atomic E-state index is 13.8. The fourth-order valence-corrected chi connectivity index (χ4v) is 2.33. The van der Waals surface area contributed by atoms with Gasteiger partial charge in [-0.25, -0.2) is 4.39 Å². The average molecular weight is 330 g/mol. The van der Waals surface area contributed by atoms with Crippen molar-refractivity contribution in [3.8, 4) is 0 Å². The number of carbonyl (C=O) groups excluding carboxylic acids is 1. The van der Waals surface area contributed by atoms with Crippen LogP contribution in [0.2, 0.25) is 5.02 Å². The fourth-order valence-electron chi connectivity index (χ4n) is 2.04. The number of aromatic nitrogens is 2. The van der Waals surface area contributed by atoms with Gasteiger partial charge in [-0.05, 0) is 26.0 Å². The van der Waals surface area contributed by atoms with Crippen LogP contribution in [0.1, 0.15) is 17.0 Å². The molecule has 0 unspecified atom stereocenters. The third-order valence-corrected chi connectivity index (χ3v) is 3.73. The highest BCUT2D eigenvalue weighted by Gasteiger charge is 2.16. The van der Waals surface area contributed by atoms with Gasteiger partial charge in [0, 0.05) is 10.6 Å². The zero-order valence-corrected chi connectivity index (χ0v) is 13.1. The van der Waals surface area contributed by atoms with Crippen molar-refractivity contribution in [2.45, 2.75) is 20.4 Å². The van der Waals surface area contributed by atoms with E-state index in [0.29, 0.717) is 27.7 Å². The van der Waals surface area contributed by atoms with Crippen LogP contribution in [0.5, 0.6) is 0 Å². The summed E-state index contributed by atoms with van der Waals surface area (Å²) in [5, 5.41) is 7.33. The molecule has 0 atom stereocenters. The molecule has 7 heteroatoms. The van der Waals surface area contributed by atoms with E-state index in [9.17, 15) is 9.18 Å². The molecule has 0 aliphatic carbocycles. The van der Waals surface area contributed by atoms with Crippen LogP contribution in [0.15, 0.2) is 18.2 Å². The Morgan fingerprint density at radius 3 is 2.76 bits per heavy atom. The number of aryl methyl sites for hydroxylation is 1. The number of alkyl halides is 1. The number of hydrogen-bond donors (Lipinski definition) is 1. The van der Waals surface area contributed by atoms with Crippen molar-refractivity contribution < 1.29 is 9.18 Å². The first-order valence-corrected chi connectivity index (χ1v) is 7.18. The topological polar surface area (TPSA) is 46.9 Å². The monoisotopic (exact) mass is 329 g/mol. The third kappa shape index (κ3) is 3.36. The molecule has 0 aliphatic heterocycles. The largest absolute Gasteiger partial charge is 0.322 e. The molecule has 21 heavy (non-hydrogen) atoms. The Morgan fingerprint density at radius 2 is 2.14 bits per heavy atom. The summed E-state index contributed by atoms with van der Waals surface area (Å²) in [7, 11) is 0. The summed E-state index contributed by atoms with van der Waals surface area (Å²) in [5.74, 6) is -0.837. The summed E-state index contributed by atoms with van der Waals surface area (Å²) in [6.07, 6.45) is 0. The van der Waals surface area contributed by atoms with E-state index in [1.807, 2.05) is 0 Å². The average Bonchev–Trinajstić information content (AvgIpc) is 2.70. The van der Waals surface area contributed by atoms with Crippen LogP contribution in [0.4, 0.5) is 10.1 Å². The number of amides is 1. The molecular formula is C14H14Cl2FN3O. The summed E-state index contributed by atoms with van der Waals surface area (Å²) in [5.41, 5.74) is 2.30. The van der Waals surface area contributed by atoms with Crippen LogP contribution in [0, 0.1) is 19.7 Å². The first-order chi connectivity index (χ1) is 9.93. The molecule has 0 saturated carbocycles. The smallest absolute Gasteiger partial charge is 0.239 e. The molecule has 4 nitrogen and oxygen atoms in total. The summed E-state index contributed by atoms with van der Waals surface area (Å²) in [6, 6.07) is 4.53. The van der Waals surface area contributed by atoms with Gasteiger partial charge >= 0.3 is 0 Å². The minimum atomic E-state index is -0.388. The Balaban J connectivity index is 2.34. The Kier molecular flexibility index (Phi) is 4.85. The molecule has 1 N–H and O–H groups in total. The summed E-state index contributed by atoms with van der Waals surface area (Å²) in [4.78, 5) is 11.4. The number of nitrogens with zero attached hydrogens (tertiary/aromatic N) is 2. The van der Waals surface area contributed by atoms with Gasteiger partial charge in [0.05, 0.1) is 23.6 Å². The standard InChI is InChI=1S/C14H14Cl2FN3O/c1-8-14(18-13(21)6-15)9(2)20(19-8)7-10-11(16)4-3-5-12(10)17/h3-5H,6-7H2,1-2H3,(H,18,21). The van der Waals surface area contributed by atoms with Crippen LogP contribution in [0.25, 0.3) is 0 Å². The SMILES string of the molecule is Cc1nn(Cc2c(F)cccc2Cl)c(C)c1NC(=O)CCl. The van der Waals surface area contributed by atoms with Crippen LogP contribution in [-0.4, -0.2) is 21.6 Å². The predicted octanol–water partition coefficient (Wildman–Crippen LogP) is 3.52. The van der Waals surface area contributed by atoms with Gasteiger partial charge in [-0.15, -0.1) is 11.6 Å². The van der Waals surface area contributed by atoms with Gasteiger partial charge in [-0.2, -0.15) is 5.10 Å². The first kappa shape index (κ1) is 15.8. The molecule has 0 spiro atoms. The normalized spacial score (nSPS) is 10.7. The number of anilines is 1. The van der Waals surface area contributed by atoms with Crippen LogP contribution < -0.4 is 5.32 Å². The van der Waals surface area contributed by atoms with Gasteiger partial charge in [0.2, 0.25) is 5.91 Å². The molecule has 0 bridgehead atoms. The number of rotatable bonds is 4. The van der Waals surface area contributed by atoms with Crippen LogP contribution >= 0.6 is 23.2 Å². The first-order valence-electron chi connectivity index (χ1n) is 6.26. The molecule has 2 rings (SSSR count). The summed E-state index contributed by atoms with van der Waals surface area (Å²) < 4.78 is 15.4. The van der Waals surface area contributed by atoms with Crippen molar-refractivity contribution in [3.05, 3.63) is 46.0 Å². The number of halogens is 3. The zero-order valence-electron chi connectivity index (χ0n) is 11.6. The Bertz CT molecular complexity index is 665. The van der Waals surface area contributed by atoms with E-state index < -0.39 is 0 Å². The minimum absolute atomic E-state index is 0.136. The van der Waals surface area contributed by atoms with Gasteiger partial charge in [0.1, 0.15) is 11.7 Å². The van der Waals surface area contributed by atoms with E-state index in [4.69, 9.17) is 23.2 Å². The predicted molar refractivity (Wildman–Crippen MR) is 81.6 cm³/mol. The van der Waals surface area contributed by atoms with Gasteiger partial charge < -0.3 is 5.32 Å². The zero-order chi connectivity index (χ0) is 15.6. The lowest BCUT2D eigenvalue weighted by molar-refractivity contribution is -0.113. The highest BCUT2D eigenvalue weighted by atomic mass is 35.5. The van der Waals surface area contributed by atoms with E-state index in [0.717, 1.165) is 0 Å². The van der Waals surface area contributed by atoms with Crippen LogP contribution in [0.3, 0.4) is 0 Å². The number of benzene rings is 1. The van der Waals surface area contributed by atoms with Gasteiger partial charge in [0.25, 0.3) is 0 Å². The van der Waals surface area contributed by atoms with Gasteiger partial charge in [0.15, 0.2) is 0 Å². The number of carbonyl (C=O) groups is 1. The van der Waals surface area contributed by atoms with E-state index >= 15 is 0 Å². The summed E-state index contributed by atoms with van der Waals surface area (Å²) in [6.45, 7) is 3.74. The summed E-state index contributed by atoms with van der Waals surface area (Å²) >= 11 is 11.5. The van der Waals surface area contributed by atoms with Crippen molar-refractivity contribution >= 4 is 34.8 Å². The van der Waals surface area contributed by atoms with Crippen molar-refractivity contribution in [2.75, 3.05) is 11.2 Å². The second-order valence-corrected chi connectivity index (χ2v) is 5.26. The van der Waals surface area contributed by atoms with E-state index in [-0.39, 0.29) is 24.1 Å². The van der Waals surface area contributed by atoms with E-state index in [1.54, 1.807) is 30.7 Å². The highest BCUT2D eigenvalue weighted by Crippen LogP contribution is 2.24. The fraction of sp³-hybridized carbons (Fsp3) is 0.286. The molecule has 2 aromatic rings. The Hall–Kier alpha value is -1.59. The van der Waals surface area contributed by atoms with Crippen molar-refractivity contribution in [2.24, 2.45) is 0 Å². The number of hydrogen-bond acceptors (Lipinski definition) is 2. The van der Waals surface area contributed by atoms with Gasteiger partial charge in [-0.3, -0.25) is 9.48 Å². The lowest BCUT2D eigenvalue weighted by Crippen LogP contribution is -2.14. The lowest BCUT2D eigenvalue weighted by atomic mass is 10.2. The molecule has 0 aliphatic rings. The molecule has 1 aromatic carbocycles. The molecular weight excluding hydrogens is 316 g/mol. The van der Waals surface area contributed by atoms with Crippen molar-refractivity contribution in [3.63, 3.8) is 0 Å². The quantitative estimate of drug-likeness (QED) is 0.872. The molecule has 0 fully saturated rings. The molecule has 1 amide bonds. The molecule has 0 radical (unpaired) electrons. The molecule has 1 aromatic heterocycles. The van der Waals surface area contributed by atoms with Crippen LogP contribution in [-0.2, 0) is 11.3 Å². The third-order valence-electron chi connectivity index (χ3n) is 3.14. The molecule has 0 saturated heterocycles. The Morgan fingerprint density at radius 1 is 1.43 bits per heavy atom. The highest BCUT2D eigenvalue weighted by molar-refractivity contribution is 6.31. The van der Waals surface area contributed by atoms with Crippen molar-refractivity contribution in [1.29, 1.82) is 0 Å². The molecule has 112 valence electrons. The lowest BCUT2D eigenvalue weighted by Gasteiger charge is -2.08. The van der Waals surface area contributed by atoms with Gasteiger partial charge in [-0.1, -0.05) is 17.7 Å². The minimum Gasteiger partial charge on any atom is -0.322 e. The second kappa shape index (κ2) is 6.45. The molecule has 1 heterocycles. The Labute approximate surface area is 131 Å².